The second-order valence-corrected chi connectivity index (χ2v) is 5.40. The summed E-state index contributed by atoms with van der Waals surface area (Å²) < 4.78 is 9.97. The maximum atomic E-state index is 12.0. The highest BCUT2D eigenvalue weighted by Crippen LogP contribution is 2.10. The molecule has 1 heterocycles. The molecule has 0 aromatic rings. The predicted molar refractivity (Wildman–Crippen MR) is 83.7 cm³/mol. The first-order valence-electron chi connectivity index (χ1n) is 8.01. The number of carbonyl (C=O) groups excluding carboxylic acids is 3. The van der Waals surface area contributed by atoms with Gasteiger partial charge in [-0.3, -0.25) is 19.3 Å². The third-order valence-electron chi connectivity index (χ3n) is 3.54. The van der Waals surface area contributed by atoms with Crippen molar-refractivity contribution in [1.29, 1.82) is 0 Å². The molecule has 1 saturated heterocycles. The highest BCUT2D eigenvalue weighted by atomic mass is 16.5. The summed E-state index contributed by atoms with van der Waals surface area (Å²) in [5, 5.41) is 5.43. The summed E-state index contributed by atoms with van der Waals surface area (Å²) in [6.07, 6.45) is 1.69. The Bertz CT molecular complexity index is 403. The average molecular weight is 329 g/mol. The molecule has 1 aliphatic heterocycles. The molecule has 1 atom stereocenters. The second kappa shape index (κ2) is 11.0. The van der Waals surface area contributed by atoms with E-state index in [0.717, 1.165) is 12.8 Å². The van der Waals surface area contributed by atoms with Gasteiger partial charge in [-0.05, 0) is 6.42 Å². The van der Waals surface area contributed by atoms with E-state index in [9.17, 15) is 14.4 Å². The van der Waals surface area contributed by atoms with Crippen LogP contribution >= 0.6 is 0 Å². The number of nitrogens with one attached hydrogen (secondary N) is 2. The molecule has 8 nitrogen and oxygen atoms in total. The van der Waals surface area contributed by atoms with E-state index in [1.807, 2.05) is 6.92 Å². The van der Waals surface area contributed by atoms with Crippen LogP contribution in [0.15, 0.2) is 0 Å². The van der Waals surface area contributed by atoms with Crippen LogP contribution in [0.4, 0.5) is 0 Å². The zero-order chi connectivity index (χ0) is 17.1. The van der Waals surface area contributed by atoms with Gasteiger partial charge in [-0.25, -0.2) is 0 Å². The molecular weight excluding hydrogens is 302 g/mol. The van der Waals surface area contributed by atoms with E-state index in [1.165, 1.54) is 0 Å². The third-order valence-corrected chi connectivity index (χ3v) is 3.54. The van der Waals surface area contributed by atoms with E-state index < -0.39 is 12.0 Å². The Morgan fingerprint density at radius 3 is 2.87 bits per heavy atom. The van der Waals surface area contributed by atoms with E-state index in [1.54, 1.807) is 12.0 Å². The monoisotopic (exact) mass is 329 g/mol. The Balaban J connectivity index is 2.49. The normalized spacial score (nSPS) is 18.3. The lowest BCUT2D eigenvalue weighted by Gasteiger charge is -2.33. The standard InChI is InChI=1S/C15H27N3O5/c1-3-4-8-23-14(20)10-12-15(21)17-5-7-18(12)11-13(19)16-6-9-22-2/h12H,3-11H2,1-2H3,(H,16,19)(H,17,21). The van der Waals surface area contributed by atoms with Gasteiger partial charge in [0.2, 0.25) is 11.8 Å². The Morgan fingerprint density at radius 2 is 2.17 bits per heavy atom. The summed E-state index contributed by atoms with van der Waals surface area (Å²) in [6, 6.07) is -0.661. The summed E-state index contributed by atoms with van der Waals surface area (Å²) in [5.74, 6) is -0.847. The van der Waals surface area contributed by atoms with E-state index in [-0.39, 0.29) is 24.8 Å². The zero-order valence-electron chi connectivity index (χ0n) is 13.9. The number of hydrogen-bond donors (Lipinski definition) is 2. The van der Waals surface area contributed by atoms with Crippen LogP contribution in [0.25, 0.3) is 0 Å². The van der Waals surface area contributed by atoms with Gasteiger partial charge in [-0.2, -0.15) is 0 Å². The van der Waals surface area contributed by atoms with Crippen molar-refractivity contribution in [3.8, 4) is 0 Å². The maximum Gasteiger partial charge on any atom is 0.307 e. The van der Waals surface area contributed by atoms with Crippen molar-refractivity contribution < 1.29 is 23.9 Å². The van der Waals surface area contributed by atoms with Gasteiger partial charge in [0.1, 0.15) is 6.04 Å². The van der Waals surface area contributed by atoms with Gasteiger partial charge in [-0.15, -0.1) is 0 Å². The molecule has 8 heteroatoms. The van der Waals surface area contributed by atoms with Crippen molar-refractivity contribution in [3.05, 3.63) is 0 Å². The molecule has 0 bridgehead atoms. The lowest BCUT2D eigenvalue weighted by atomic mass is 10.1. The molecule has 1 rings (SSSR count). The maximum absolute atomic E-state index is 12.0. The number of piperazine rings is 1. The number of amides is 2. The fourth-order valence-electron chi connectivity index (χ4n) is 2.25. The summed E-state index contributed by atoms with van der Waals surface area (Å²) in [6.45, 7) is 4.28. The minimum atomic E-state index is -0.661. The molecule has 0 spiro atoms. The molecule has 0 aromatic heterocycles. The topological polar surface area (TPSA) is 97.0 Å². The van der Waals surface area contributed by atoms with E-state index >= 15 is 0 Å². The quantitative estimate of drug-likeness (QED) is 0.406. The molecule has 0 radical (unpaired) electrons. The van der Waals surface area contributed by atoms with Crippen molar-refractivity contribution in [1.82, 2.24) is 15.5 Å². The number of nitrogens with zero attached hydrogens (tertiary/aromatic N) is 1. The van der Waals surface area contributed by atoms with Crippen LogP contribution in [0.2, 0.25) is 0 Å². The molecule has 132 valence electrons. The van der Waals surface area contributed by atoms with Crippen molar-refractivity contribution in [2.45, 2.75) is 32.2 Å². The number of carbonyl (C=O) groups is 3. The Labute approximate surface area is 136 Å². The number of rotatable bonds is 10. The average Bonchev–Trinajstić information content (AvgIpc) is 2.51. The lowest BCUT2D eigenvalue weighted by Crippen LogP contribution is -2.58. The zero-order valence-corrected chi connectivity index (χ0v) is 13.9. The highest BCUT2D eigenvalue weighted by Gasteiger charge is 2.33. The third kappa shape index (κ3) is 7.43. The minimum Gasteiger partial charge on any atom is -0.466 e. The Morgan fingerprint density at radius 1 is 1.39 bits per heavy atom. The van der Waals surface area contributed by atoms with Crippen LogP contribution < -0.4 is 10.6 Å². The summed E-state index contributed by atoms with van der Waals surface area (Å²) in [7, 11) is 1.56. The smallest absolute Gasteiger partial charge is 0.307 e. The van der Waals surface area contributed by atoms with Crippen LogP contribution in [0.3, 0.4) is 0 Å². The van der Waals surface area contributed by atoms with E-state index in [2.05, 4.69) is 10.6 Å². The summed E-state index contributed by atoms with van der Waals surface area (Å²) in [5.41, 5.74) is 0. The Hall–Kier alpha value is -1.67. The lowest BCUT2D eigenvalue weighted by molar-refractivity contribution is -0.149. The predicted octanol–water partition coefficient (Wildman–Crippen LogP) is -0.717. The molecule has 23 heavy (non-hydrogen) atoms. The van der Waals surface area contributed by atoms with Gasteiger partial charge in [0, 0.05) is 26.7 Å². The first-order valence-corrected chi connectivity index (χ1v) is 8.01. The second-order valence-electron chi connectivity index (χ2n) is 5.40. The van der Waals surface area contributed by atoms with Crippen molar-refractivity contribution in [3.63, 3.8) is 0 Å². The van der Waals surface area contributed by atoms with Crippen LogP contribution in [0, 0.1) is 0 Å². The van der Waals surface area contributed by atoms with Crippen LogP contribution in [-0.4, -0.2) is 75.2 Å². The molecule has 2 N–H and O–H groups in total. The largest absolute Gasteiger partial charge is 0.466 e. The van der Waals surface area contributed by atoms with Crippen molar-refractivity contribution in [2.75, 3.05) is 46.5 Å². The van der Waals surface area contributed by atoms with Crippen molar-refractivity contribution >= 4 is 17.8 Å². The first-order chi connectivity index (χ1) is 11.1. The SMILES string of the molecule is CCCCOC(=O)CC1C(=O)NCCN1CC(=O)NCCOC. The number of methoxy groups -OCH3 is 1. The molecule has 2 amide bonds. The Kier molecular flexibility index (Phi) is 9.23. The number of ether oxygens (including phenoxy) is 2. The van der Waals surface area contributed by atoms with Crippen LogP contribution in [0.5, 0.6) is 0 Å². The van der Waals surface area contributed by atoms with Gasteiger partial charge in [0.25, 0.3) is 0 Å². The summed E-state index contributed by atoms with van der Waals surface area (Å²) in [4.78, 5) is 37.4. The number of hydrogen-bond acceptors (Lipinski definition) is 6. The molecule has 1 aliphatic rings. The number of esters is 1. The van der Waals surface area contributed by atoms with Crippen LogP contribution in [0.1, 0.15) is 26.2 Å². The number of unbranched alkanes of at least 4 members (excludes halogenated alkanes) is 1. The van der Waals surface area contributed by atoms with Gasteiger partial charge in [0.15, 0.2) is 0 Å². The van der Waals surface area contributed by atoms with Crippen molar-refractivity contribution in [2.24, 2.45) is 0 Å². The first kappa shape index (κ1) is 19.4. The van der Waals surface area contributed by atoms with Gasteiger partial charge in [0.05, 0.1) is 26.2 Å². The fourth-order valence-corrected chi connectivity index (χ4v) is 2.25. The van der Waals surface area contributed by atoms with Gasteiger partial charge < -0.3 is 20.1 Å². The molecule has 1 unspecified atom stereocenters. The van der Waals surface area contributed by atoms with E-state index in [4.69, 9.17) is 9.47 Å². The fraction of sp³-hybridized carbons (Fsp3) is 0.800. The van der Waals surface area contributed by atoms with Gasteiger partial charge in [-0.1, -0.05) is 13.3 Å². The molecule has 1 fully saturated rings. The summed E-state index contributed by atoms with van der Waals surface area (Å²) >= 11 is 0. The molecule has 0 aromatic carbocycles. The highest BCUT2D eigenvalue weighted by molar-refractivity contribution is 5.88. The minimum absolute atomic E-state index is 0.0408. The molecule has 0 aliphatic carbocycles. The van der Waals surface area contributed by atoms with Gasteiger partial charge >= 0.3 is 5.97 Å². The molecule has 0 saturated carbocycles. The molecular formula is C15H27N3O5. The van der Waals surface area contributed by atoms with E-state index in [0.29, 0.717) is 32.8 Å². The van der Waals surface area contributed by atoms with Crippen LogP contribution in [-0.2, 0) is 23.9 Å².